The molecule has 0 atom stereocenters. The van der Waals surface area contributed by atoms with Gasteiger partial charge in [0.15, 0.2) is 6.61 Å². The van der Waals surface area contributed by atoms with Gasteiger partial charge < -0.3 is 4.74 Å². The van der Waals surface area contributed by atoms with Crippen molar-refractivity contribution in [2.24, 2.45) is 0 Å². The van der Waals surface area contributed by atoms with E-state index >= 15 is 0 Å². The summed E-state index contributed by atoms with van der Waals surface area (Å²) >= 11 is 1.71. The Labute approximate surface area is 113 Å². The molecule has 0 amide bonds. The fourth-order valence-electron chi connectivity index (χ4n) is 0.574. The summed E-state index contributed by atoms with van der Waals surface area (Å²) in [6.07, 6.45) is 0. The van der Waals surface area contributed by atoms with Gasteiger partial charge in [-0.1, -0.05) is 18.7 Å². The summed E-state index contributed by atoms with van der Waals surface area (Å²) in [5, 5.41) is -0.419. The number of carbonyl (C=O) groups is 1. The van der Waals surface area contributed by atoms with Crippen molar-refractivity contribution in [1.82, 2.24) is 0 Å². The van der Waals surface area contributed by atoms with E-state index in [-0.39, 0.29) is 5.57 Å². The second-order valence-electron chi connectivity index (χ2n) is 3.26. The average Bonchev–Trinajstić information content (AvgIpc) is 2.82. The Kier molecular flexibility index (Phi) is 6.81. The summed E-state index contributed by atoms with van der Waals surface area (Å²) < 4.78 is 56.7. The molecule has 19 heavy (non-hydrogen) atoms. The lowest BCUT2D eigenvalue weighted by Gasteiger charge is -2.12. The second kappa shape index (κ2) is 7.31. The van der Waals surface area contributed by atoms with Crippen LogP contribution in [0, 0.1) is 0 Å². The third kappa shape index (κ3) is 6.99. The Morgan fingerprint density at radius 3 is 2.16 bits per heavy atom. The van der Waals surface area contributed by atoms with Crippen LogP contribution in [0.25, 0.3) is 0 Å². The van der Waals surface area contributed by atoms with Crippen molar-refractivity contribution in [2.75, 3.05) is 6.61 Å². The summed E-state index contributed by atoms with van der Waals surface area (Å²) in [5.41, 5.74) is -0.156. The van der Waals surface area contributed by atoms with Gasteiger partial charge in [0, 0.05) is 5.57 Å². The number of ether oxygens (including phenoxy) is 1. The highest BCUT2D eigenvalue weighted by molar-refractivity contribution is 7.86. The molecule has 1 heterocycles. The molecule has 1 aromatic heterocycles. The molecule has 0 aliphatic heterocycles. The van der Waals surface area contributed by atoms with Crippen LogP contribution >= 0.6 is 11.3 Å². The summed E-state index contributed by atoms with van der Waals surface area (Å²) in [6.45, 7) is 2.55. The molecule has 0 aliphatic carbocycles. The van der Waals surface area contributed by atoms with Gasteiger partial charge in [-0.05, 0) is 17.7 Å². The van der Waals surface area contributed by atoms with Gasteiger partial charge in [-0.3, -0.25) is 4.55 Å². The maximum Gasteiger partial charge on any atom is 0.402 e. The number of halogens is 2. The molecule has 0 saturated heterocycles. The van der Waals surface area contributed by atoms with E-state index in [1.165, 1.54) is 6.92 Å². The Morgan fingerprint density at radius 1 is 1.42 bits per heavy atom. The summed E-state index contributed by atoms with van der Waals surface area (Å²) in [6, 6.07) is 4.04. The number of carbonyl (C=O) groups excluding carboxylic acids is 1. The first-order valence-electron chi connectivity index (χ1n) is 4.72. The highest BCUT2D eigenvalue weighted by Crippen LogP contribution is 2.20. The summed E-state index contributed by atoms with van der Waals surface area (Å²) in [7, 11) is -5.56. The quantitative estimate of drug-likeness (QED) is 0.524. The number of hydrogen-bond acceptors (Lipinski definition) is 5. The van der Waals surface area contributed by atoms with Crippen molar-refractivity contribution in [3.05, 3.63) is 35.0 Å². The van der Waals surface area contributed by atoms with Crippen molar-refractivity contribution in [2.45, 2.75) is 12.2 Å². The van der Waals surface area contributed by atoms with Crippen LogP contribution in [0.5, 0.6) is 0 Å². The van der Waals surface area contributed by atoms with Crippen molar-refractivity contribution >= 4 is 27.4 Å². The molecule has 5 nitrogen and oxygen atoms in total. The number of thiophene rings is 1. The van der Waals surface area contributed by atoms with Crippen LogP contribution in [0.2, 0.25) is 0 Å². The standard InChI is InChI=1S/C6H8F2O5S.C4H4S/c1-4(2)5(9)13-3-6(7,8)14(10,11)12;1-2-4-5-3-1/h1,3H2,2H3,(H,10,11,12);1-4H. The van der Waals surface area contributed by atoms with E-state index in [1.54, 1.807) is 11.3 Å². The zero-order valence-corrected chi connectivity index (χ0v) is 11.5. The zero-order valence-electron chi connectivity index (χ0n) is 9.88. The van der Waals surface area contributed by atoms with E-state index in [4.69, 9.17) is 4.55 Å². The first-order valence-corrected chi connectivity index (χ1v) is 7.11. The van der Waals surface area contributed by atoms with Crippen LogP contribution in [-0.4, -0.2) is 30.8 Å². The van der Waals surface area contributed by atoms with Crippen LogP contribution in [-0.2, 0) is 19.6 Å². The molecule has 1 aromatic rings. The van der Waals surface area contributed by atoms with Gasteiger partial charge >= 0.3 is 21.3 Å². The maximum absolute atomic E-state index is 12.4. The predicted octanol–water partition coefficient (Wildman–Crippen LogP) is 2.33. The third-order valence-corrected chi connectivity index (χ3v) is 3.02. The highest BCUT2D eigenvalue weighted by Gasteiger charge is 2.45. The van der Waals surface area contributed by atoms with E-state index in [0.717, 1.165) is 0 Å². The maximum atomic E-state index is 12.4. The molecule has 0 aliphatic rings. The van der Waals surface area contributed by atoms with E-state index in [2.05, 4.69) is 11.3 Å². The second-order valence-corrected chi connectivity index (χ2v) is 5.63. The van der Waals surface area contributed by atoms with Crippen LogP contribution in [0.3, 0.4) is 0 Å². The smallest absolute Gasteiger partial charge is 0.402 e. The van der Waals surface area contributed by atoms with Crippen LogP contribution in [0.1, 0.15) is 6.92 Å². The van der Waals surface area contributed by atoms with Gasteiger partial charge in [0.1, 0.15) is 0 Å². The number of alkyl halides is 2. The molecule has 0 radical (unpaired) electrons. The normalized spacial score (nSPS) is 11.2. The van der Waals surface area contributed by atoms with E-state index in [9.17, 15) is 22.0 Å². The SMILES string of the molecule is C=C(C)C(=O)OCC(F)(F)S(=O)(=O)O.c1ccsc1. The first kappa shape index (κ1) is 17.7. The molecule has 1 N–H and O–H groups in total. The van der Waals surface area contributed by atoms with Crippen LogP contribution < -0.4 is 0 Å². The van der Waals surface area contributed by atoms with E-state index < -0.39 is 27.9 Å². The summed E-state index contributed by atoms with van der Waals surface area (Å²) in [5.74, 6) is -1.16. The van der Waals surface area contributed by atoms with Gasteiger partial charge in [-0.2, -0.15) is 28.5 Å². The van der Waals surface area contributed by atoms with Crippen molar-refractivity contribution in [3.8, 4) is 0 Å². The van der Waals surface area contributed by atoms with Crippen molar-refractivity contribution in [1.29, 1.82) is 0 Å². The largest absolute Gasteiger partial charge is 0.455 e. The lowest BCUT2D eigenvalue weighted by Crippen LogP contribution is -2.34. The van der Waals surface area contributed by atoms with E-state index in [0.29, 0.717) is 0 Å². The third-order valence-electron chi connectivity index (χ3n) is 1.52. The van der Waals surface area contributed by atoms with Gasteiger partial charge in [0.25, 0.3) is 0 Å². The molecule has 0 bridgehead atoms. The average molecular weight is 314 g/mol. The van der Waals surface area contributed by atoms with Crippen molar-refractivity contribution < 1.29 is 31.3 Å². The van der Waals surface area contributed by atoms with Gasteiger partial charge in [-0.25, -0.2) is 4.79 Å². The van der Waals surface area contributed by atoms with Gasteiger partial charge in [0.2, 0.25) is 0 Å². The minimum atomic E-state index is -5.56. The summed E-state index contributed by atoms with van der Waals surface area (Å²) in [4.78, 5) is 10.6. The molecule has 9 heteroatoms. The molecule has 1 rings (SSSR count). The Morgan fingerprint density at radius 2 is 1.89 bits per heavy atom. The fourth-order valence-corrected chi connectivity index (χ4v) is 1.24. The molecule has 0 saturated carbocycles. The molecule has 0 unspecified atom stereocenters. The molecule has 0 spiro atoms. The highest BCUT2D eigenvalue weighted by atomic mass is 32.2. The Hall–Kier alpha value is -1.32. The lowest BCUT2D eigenvalue weighted by atomic mass is 10.4. The van der Waals surface area contributed by atoms with Crippen LogP contribution in [0.15, 0.2) is 35.0 Å². The van der Waals surface area contributed by atoms with Crippen molar-refractivity contribution in [3.63, 3.8) is 0 Å². The van der Waals surface area contributed by atoms with Gasteiger partial charge in [0.05, 0.1) is 0 Å². The Balaban J connectivity index is 0.000000532. The zero-order chi connectivity index (χ0) is 15.1. The fraction of sp³-hybridized carbons (Fsp3) is 0.300. The minimum absolute atomic E-state index is 0.156. The first-order chi connectivity index (χ1) is 8.58. The van der Waals surface area contributed by atoms with Gasteiger partial charge in [-0.15, -0.1) is 0 Å². The number of esters is 1. The van der Waals surface area contributed by atoms with E-state index in [1.807, 2.05) is 22.9 Å². The topological polar surface area (TPSA) is 80.7 Å². The molecule has 0 fully saturated rings. The minimum Gasteiger partial charge on any atom is -0.455 e. The molecular weight excluding hydrogens is 302 g/mol. The lowest BCUT2D eigenvalue weighted by molar-refractivity contribution is -0.144. The molecule has 108 valence electrons. The number of rotatable bonds is 4. The Bertz CT molecular complexity index is 491. The predicted molar refractivity (Wildman–Crippen MR) is 66.6 cm³/mol. The monoisotopic (exact) mass is 314 g/mol. The molecular formula is C10H12F2O5S2. The van der Waals surface area contributed by atoms with Crippen LogP contribution in [0.4, 0.5) is 8.78 Å². The molecule has 0 aromatic carbocycles. The number of hydrogen-bond donors (Lipinski definition) is 1.